The molecule has 0 unspecified atom stereocenters. The summed E-state index contributed by atoms with van der Waals surface area (Å²) in [4.78, 5) is 3.97. The van der Waals surface area contributed by atoms with Crippen LogP contribution in [-0.2, 0) is 0 Å². The molecule has 0 aliphatic carbocycles. The van der Waals surface area contributed by atoms with Gasteiger partial charge in [0.1, 0.15) is 16.8 Å². The van der Waals surface area contributed by atoms with E-state index in [0.717, 1.165) is 4.47 Å². The molecule has 2 rings (SSSR count). The molecule has 0 radical (unpaired) electrons. The lowest BCUT2D eigenvalue weighted by atomic mass is 10.3. The predicted molar refractivity (Wildman–Crippen MR) is 73.2 cm³/mol. The van der Waals surface area contributed by atoms with Crippen molar-refractivity contribution in [2.75, 3.05) is 0 Å². The third-order valence-corrected chi connectivity index (χ3v) is 3.23. The second kappa shape index (κ2) is 5.57. The number of halogens is 3. The summed E-state index contributed by atoms with van der Waals surface area (Å²) in [6, 6.07) is 8.62. The summed E-state index contributed by atoms with van der Waals surface area (Å²) in [6.45, 7) is 0. The van der Waals surface area contributed by atoms with Gasteiger partial charge in [0.15, 0.2) is 0 Å². The fourth-order valence-corrected chi connectivity index (χ4v) is 2.15. The molecule has 1 aromatic carbocycles. The van der Waals surface area contributed by atoms with Crippen LogP contribution in [0.2, 0.25) is 10.0 Å². The number of hydrogen-bond donors (Lipinski definition) is 0. The Kier molecular flexibility index (Phi) is 4.07. The molecule has 0 spiro atoms. The van der Waals surface area contributed by atoms with Gasteiger partial charge < -0.3 is 4.74 Å². The summed E-state index contributed by atoms with van der Waals surface area (Å²) in [5.41, 5.74) is 0.301. The molecule has 2 aromatic rings. The van der Waals surface area contributed by atoms with Gasteiger partial charge in [0, 0.05) is 10.7 Å². The summed E-state index contributed by atoms with van der Waals surface area (Å²) in [6.07, 6.45) is 1.45. The zero-order chi connectivity index (χ0) is 13.1. The van der Waals surface area contributed by atoms with Gasteiger partial charge in [-0.2, -0.15) is 5.26 Å². The maximum Gasteiger partial charge on any atom is 0.239 e. The van der Waals surface area contributed by atoms with Crippen LogP contribution in [0.1, 0.15) is 5.56 Å². The lowest BCUT2D eigenvalue weighted by molar-refractivity contribution is 0.463. The smallest absolute Gasteiger partial charge is 0.239 e. The van der Waals surface area contributed by atoms with Gasteiger partial charge in [-0.3, -0.25) is 0 Å². The monoisotopic (exact) mass is 342 g/mol. The molecule has 0 aliphatic heterocycles. The van der Waals surface area contributed by atoms with Crippen molar-refractivity contribution in [3.63, 3.8) is 0 Å². The van der Waals surface area contributed by atoms with Crippen molar-refractivity contribution in [2.24, 2.45) is 0 Å². The summed E-state index contributed by atoms with van der Waals surface area (Å²) in [5, 5.41) is 9.44. The second-order valence-electron chi connectivity index (χ2n) is 3.27. The lowest BCUT2D eigenvalue weighted by Crippen LogP contribution is -1.91. The number of pyridine rings is 1. The Morgan fingerprint density at radius 1 is 1.28 bits per heavy atom. The van der Waals surface area contributed by atoms with E-state index in [-0.39, 0.29) is 10.9 Å². The first-order chi connectivity index (χ1) is 8.61. The van der Waals surface area contributed by atoms with Crippen molar-refractivity contribution in [2.45, 2.75) is 0 Å². The minimum absolute atomic E-state index is 0.153. The molecule has 6 heteroatoms. The minimum atomic E-state index is 0.153. The highest BCUT2D eigenvalue weighted by atomic mass is 79.9. The first-order valence-corrected chi connectivity index (χ1v) is 6.34. The second-order valence-corrected chi connectivity index (χ2v) is 4.97. The van der Waals surface area contributed by atoms with E-state index in [1.54, 1.807) is 18.2 Å². The van der Waals surface area contributed by atoms with Crippen LogP contribution in [0, 0.1) is 11.3 Å². The zero-order valence-corrected chi connectivity index (χ0v) is 11.9. The summed E-state index contributed by atoms with van der Waals surface area (Å²) >= 11 is 15.3. The third kappa shape index (κ3) is 2.75. The average molecular weight is 344 g/mol. The molecule has 0 bridgehead atoms. The summed E-state index contributed by atoms with van der Waals surface area (Å²) < 4.78 is 6.33. The van der Waals surface area contributed by atoms with Crippen LogP contribution in [0.3, 0.4) is 0 Å². The molecule has 0 fully saturated rings. The van der Waals surface area contributed by atoms with Crippen molar-refractivity contribution in [1.82, 2.24) is 4.98 Å². The van der Waals surface area contributed by atoms with Crippen molar-refractivity contribution in [3.05, 3.63) is 50.5 Å². The van der Waals surface area contributed by atoms with Gasteiger partial charge in [-0.05, 0) is 24.3 Å². The maximum absolute atomic E-state index is 8.85. The Hall–Kier alpha value is -1.28. The molecule has 0 aliphatic rings. The molecule has 18 heavy (non-hydrogen) atoms. The van der Waals surface area contributed by atoms with Crippen molar-refractivity contribution < 1.29 is 4.74 Å². The standard InChI is InChI=1S/C12H5BrCl2N2O/c13-8-1-2-10(9(14)5-8)18-12-11(15)7(6-16)3-4-17-12/h1-5H. The van der Waals surface area contributed by atoms with Crippen LogP contribution < -0.4 is 4.74 Å². The van der Waals surface area contributed by atoms with E-state index in [1.807, 2.05) is 6.07 Å². The van der Waals surface area contributed by atoms with E-state index < -0.39 is 0 Å². The van der Waals surface area contributed by atoms with Crippen LogP contribution in [0.15, 0.2) is 34.9 Å². The van der Waals surface area contributed by atoms with Crippen molar-refractivity contribution >= 4 is 39.1 Å². The molecule has 90 valence electrons. The SMILES string of the molecule is N#Cc1ccnc(Oc2ccc(Br)cc2Cl)c1Cl. The van der Waals surface area contributed by atoms with Crippen LogP contribution in [0.25, 0.3) is 0 Å². The molecule has 1 aromatic heterocycles. The topological polar surface area (TPSA) is 45.9 Å². The fourth-order valence-electron chi connectivity index (χ4n) is 1.24. The van der Waals surface area contributed by atoms with E-state index >= 15 is 0 Å². The number of nitrogens with zero attached hydrogens (tertiary/aromatic N) is 2. The van der Waals surface area contributed by atoms with Gasteiger partial charge in [0.2, 0.25) is 5.88 Å². The molecule has 0 amide bonds. The summed E-state index contributed by atoms with van der Waals surface area (Å²) in [5.74, 6) is 0.573. The van der Waals surface area contributed by atoms with E-state index in [2.05, 4.69) is 20.9 Å². The van der Waals surface area contributed by atoms with E-state index in [0.29, 0.717) is 16.3 Å². The molecular formula is C12H5BrCl2N2O. The summed E-state index contributed by atoms with van der Waals surface area (Å²) in [7, 11) is 0. The Labute approximate surface area is 122 Å². The fraction of sp³-hybridized carbons (Fsp3) is 0. The van der Waals surface area contributed by atoms with Gasteiger partial charge in [-0.15, -0.1) is 0 Å². The van der Waals surface area contributed by atoms with E-state index in [9.17, 15) is 0 Å². The van der Waals surface area contributed by atoms with Crippen LogP contribution >= 0.6 is 39.1 Å². The molecule has 0 saturated heterocycles. The lowest BCUT2D eigenvalue weighted by Gasteiger charge is -2.08. The Bertz CT molecular complexity index is 640. The molecule has 3 nitrogen and oxygen atoms in total. The minimum Gasteiger partial charge on any atom is -0.436 e. The quantitative estimate of drug-likeness (QED) is 0.785. The Morgan fingerprint density at radius 2 is 2.06 bits per heavy atom. The van der Waals surface area contributed by atoms with E-state index in [1.165, 1.54) is 12.3 Å². The highest BCUT2D eigenvalue weighted by Crippen LogP contribution is 2.34. The highest BCUT2D eigenvalue weighted by molar-refractivity contribution is 9.10. The largest absolute Gasteiger partial charge is 0.436 e. The van der Waals surface area contributed by atoms with Gasteiger partial charge in [-0.25, -0.2) is 4.98 Å². The number of aromatic nitrogens is 1. The van der Waals surface area contributed by atoms with Crippen LogP contribution in [-0.4, -0.2) is 4.98 Å². The van der Waals surface area contributed by atoms with Gasteiger partial charge in [0.05, 0.1) is 10.6 Å². The van der Waals surface area contributed by atoms with Crippen molar-refractivity contribution in [1.29, 1.82) is 5.26 Å². The van der Waals surface area contributed by atoms with Crippen LogP contribution in [0.4, 0.5) is 0 Å². The van der Waals surface area contributed by atoms with Gasteiger partial charge in [-0.1, -0.05) is 39.1 Å². The number of nitriles is 1. The number of rotatable bonds is 2. The molecular weight excluding hydrogens is 339 g/mol. The Balaban J connectivity index is 2.38. The third-order valence-electron chi connectivity index (χ3n) is 2.08. The number of benzene rings is 1. The highest BCUT2D eigenvalue weighted by Gasteiger charge is 2.11. The zero-order valence-electron chi connectivity index (χ0n) is 8.82. The Morgan fingerprint density at radius 3 is 2.72 bits per heavy atom. The predicted octanol–water partition coefficient (Wildman–Crippen LogP) is 4.81. The molecule has 0 atom stereocenters. The average Bonchev–Trinajstić information content (AvgIpc) is 2.35. The molecule has 0 saturated carbocycles. The normalized spacial score (nSPS) is 9.89. The number of ether oxygens (including phenoxy) is 1. The van der Waals surface area contributed by atoms with Gasteiger partial charge >= 0.3 is 0 Å². The molecule has 1 heterocycles. The van der Waals surface area contributed by atoms with Crippen molar-refractivity contribution in [3.8, 4) is 17.7 Å². The molecule has 0 N–H and O–H groups in total. The number of hydrogen-bond acceptors (Lipinski definition) is 3. The van der Waals surface area contributed by atoms with Gasteiger partial charge in [0.25, 0.3) is 0 Å². The van der Waals surface area contributed by atoms with Crippen LogP contribution in [0.5, 0.6) is 11.6 Å². The van der Waals surface area contributed by atoms with E-state index in [4.69, 9.17) is 33.2 Å². The first kappa shape index (κ1) is 13.2. The maximum atomic E-state index is 8.85. The first-order valence-electron chi connectivity index (χ1n) is 4.79.